The summed E-state index contributed by atoms with van der Waals surface area (Å²) in [5, 5.41) is 11.9. The zero-order valence-electron chi connectivity index (χ0n) is 16.4. The van der Waals surface area contributed by atoms with E-state index in [-0.39, 0.29) is 35.7 Å². The fourth-order valence-corrected chi connectivity index (χ4v) is 2.82. The molecule has 0 aliphatic rings. The maximum atomic E-state index is 12.9. The minimum absolute atomic E-state index is 0.111. The Bertz CT molecular complexity index is 1120. The number of nitrogens with one attached hydrogen (secondary N) is 1. The summed E-state index contributed by atoms with van der Waals surface area (Å²) in [6.45, 7) is 7.66. The Morgan fingerprint density at radius 2 is 1.93 bits per heavy atom. The molecular formula is C20H22N6O2. The molecule has 0 aliphatic heterocycles. The van der Waals surface area contributed by atoms with Crippen molar-refractivity contribution in [1.29, 1.82) is 5.26 Å². The van der Waals surface area contributed by atoms with E-state index in [1.54, 1.807) is 38.1 Å². The minimum Gasteiger partial charge on any atom is -0.277 e. The number of aromatic amines is 1. The van der Waals surface area contributed by atoms with Gasteiger partial charge in [-0.3, -0.25) is 19.6 Å². The highest BCUT2D eigenvalue weighted by atomic mass is 16.2. The van der Waals surface area contributed by atoms with Crippen molar-refractivity contribution in [1.82, 2.24) is 19.6 Å². The van der Waals surface area contributed by atoms with Crippen molar-refractivity contribution in [3.63, 3.8) is 0 Å². The average Bonchev–Trinajstić information content (AvgIpc) is 3.07. The van der Waals surface area contributed by atoms with E-state index in [1.807, 2.05) is 13.8 Å². The summed E-state index contributed by atoms with van der Waals surface area (Å²) in [4.78, 5) is 35.6. The van der Waals surface area contributed by atoms with E-state index in [2.05, 4.69) is 21.1 Å². The maximum Gasteiger partial charge on any atom is 0.277 e. The molecule has 1 N–H and O–H groups in total. The van der Waals surface area contributed by atoms with Gasteiger partial charge < -0.3 is 0 Å². The fourth-order valence-electron chi connectivity index (χ4n) is 2.82. The van der Waals surface area contributed by atoms with E-state index < -0.39 is 0 Å². The average molecular weight is 378 g/mol. The Morgan fingerprint density at radius 3 is 2.54 bits per heavy atom. The van der Waals surface area contributed by atoms with Crippen LogP contribution >= 0.6 is 0 Å². The quantitative estimate of drug-likeness (QED) is 0.734. The molecule has 2 heterocycles. The van der Waals surface area contributed by atoms with Crippen LogP contribution in [0.2, 0.25) is 0 Å². The predicted octanol–water partition coefficient (Wildman–Crippen LogP) is 2.49. The van der Waals surface area contributed by atoms with Crippen LogP contribution in [0.15, 0.2) is 29.1 Å². The van der Waals surface area contributed by atoms with E-state index in [1.165, 1.54) is 9.42 Å². The van der Waals surface area contributed by atoms with Gasteiger partial charge >= 0.3 is 0 Å². The lowest BCUT2D eigenvalue weighted by Crippen LogP contribution is -2.32. The number of aryl methyl sites for hydroxylation is 1. The van der Waals surface area contributed by atoms with Crippen molar-refractivity contribution >= 4 is 17.6 Å². The van der Waals surface area contributed by atoms with Crippen molar-refractivity contribution in [2.45, 2.75) is 40.7 Å². The first kappa shape index (κ1) is 19.3. The SMILES string of the molecule is Cc1nc2nc(N(Cc3ccc(C#N)cc3)C(=O)CC(C)C)[nH]n2c(=O)c1C. The summed E-state index contributed by atoms with van der Waals surface area (Å²) in [7, 11) is 0. The van der Waals surface area contributed by atoms with Crippen molar-refractivity contribution in [2.75, 3.05) is 4.90 Å². The highest BCUT2D eigenvalue weighted by Gasteiger charge is 2.22. The van der Waals surface area contributed by atoms with Crippen LogP contribution in [0.4, 0.5) is 5.95 Å². The second-order valence-electron chi connectivity index (χ2n) is 7.20. The third-order valence-electron chi connectivity index (χ3n) is 4.52. The number of nitriles is 1. The Balaban J connectivity index is 2.04. The van der Waals surface area contributed by atoms with Gasteiger partial charge in [0.05, 0.1) is 18.2 Å². The van der Waals surface area contributed by atoms with Gasteiger partial charge in [0.25, 0.3) is 11.3 Å². The van der Waals surface area contributed by atoms with Crippen LogP contribution in [0, 0.1) is 31.1 Å². The molecule has 0 radical (unpaired) electrons. The number of benzene rings is 1. The lowest BCUT2D eigenvalue weighted by molar-refractivity contribution is -0.119. The summed E-state index contributed by atoms with van der Waals surface area (Å²) in [5.41, 5.74) is 2.30. The zero-order valence-corrected chi connectivity index (χ0v) is 16.4. The van der Waals surface area contributed by atoms with Crippen molar-refractivity contribution in [3.05, 3.63) is 57.0 Å². The van der Waals surface area contributed by atoms with Crippen LogP contribution < -0.4 is 10.5 Å². The predicted molar refractivity (Wildman–Crippen MR) is 105 cm³/mol. The van der Waals surface area contributed by atoms with Gasteiger partial charge in [0.1, 0.15) is 0 Å². The number of anilines is 1. The summed E-state index contributed by atoms with van der Waals surface area (Å²) in [6.07, 6.45) is 0.341. The van der Waals surface area contributed by atoms with Gasteiger partial charge in [0.2, 0.25) is 11.9 Å². The van der Waals surface area contributed by atoms with Gasteiger partial charge in [0, 0.05) is 17.7 Å². The van der Waals surface area contributed by atoms with Crippen LogP contribution in [0.1, 0.15) is 42.7 Å². The van der Waals surface area contributed by atoms with Crippen molar-refractivity contribution < 1.29 is 4.79 Å². The number of carbonyl (C=O) groups is 1. The third-order valence-corrected chi connectivity index (χ3v) is 4.52. The Labute approximate surface area is 162 Å². The molecule has 0 spiro atoms. The number of carbonyl (C=O) groups excluding carboxylic acids is 1. The summed E-state index contributed by atoms with van der Waals surface area (Å²) < 4.78 is 1.26. The Hall–Kier alpha value is -3.47. The summed E-state index contributed by atoms with van der Waals surface area (Å²) in [6, 6.07) is 9.09. The number of fused-ring (bicyclic) bond motifs is 1. The molecule has 3 aromatic rings. The first-order chi connectivity index (χ1) is 13.3. The molecule has 0 saturated heterocycles. The molecule has 28 heavy (non-hydrogen) atoms. The van der Waals surface area contributed by atoms with E-state index in [9.17, 15) is 9.59 Å². The molecular weight excluding hydrogens is 356 g/mol. The standard InChI is InChI=1S/C20H22N6O2/c1-12(2)9-17(27)25(11-16-7-5-15(10-21)6-8-16)20-23-19-22-14(4)13(3)18(28)26(19)24-20/h5-8,12H,9,11H2,1-4H3,(H,22,23,24). The zero-order chi connectivity index (χ0) is 20.4. The van der Waals surface area contributed by atoms with E-state index in [4.69, 9.17) is 5.26 Å². The number of hydrogen-bond donors (Lipinski definition) is 1. The van der Waals surface area contributed by atoms with Gasteiger partial charge in [-0.05, 0) is 37.5 Å². The van der Waals surface area contributed by atoms with Crippen molar-refractivity contribution in [3.8, 4) is 6.07 Å². The molecule has 0 bridgehead atoms. The number of aromatic nitrogens is 4. The second-order valence-corrected chi connectivity index (χ2v) is 7.20. The van der Waals surface area contributed by atoms with Gasteiger partial charge in [-0.25, -0.2) is 4.98 Å². The smallest absolute Gasteiger partial charge is 0.277 e. The monoisotopic (exact) mass is 378 g/mol. The first-order valence-electron chi connectivity index (χ1n) is 9.05. The number of rotatable bonds is 5. The molecule has 0 saturated carbocycles. The van der Waals surface area contributed by atoms with Crippen LogP contribution in [-0.2, 0) is 11.3 Å². The van der Waals surface area contributed by atoms with Crippen LogP contribution in [0.5, 0.6) is 0 Å². The highest BCUT2D eigenvalue weighted by molar-refractivity contribution is 5.91. The van der Waals surface area contributed by atoms with E-state index >= 15 is 0 Å². The molecule has 8 heteroatoms. The highest BCUT2D eigenvalue weighted by Crippen LogP contribution is 2.17. The van der Waals surface area contributed by atoms with Crippen LogP contribution in [-0.4, -0.2) is 25.5 Å². The Morgan fingerprint density at radius 1 is 1.25 bits per heavy atom. The molecule has 0 fully saturated rings. The minimum atomic E-state index is -0.240. The number of H-pyrrole nitrogens is 1. The Kier molecular flexibility index (Phi) is 5.27. The normalized spacial score (nSPS) is 11.0. The molecule has 0 atom stereocenters. The molecule has 0 aliphatic carbocycles. The topological polar surface area (TPSA) is 107 Å². The van der Waals surface area contributed by atoms with Crippen molar-refractivity contribution in [2.24, 2.45) is 5.92 Å². The largest absolute Gasteiger partial charge is 0.277 e. The fraction of sp³-hybridized carbons (Fsp3) is 0.350. The number of amides is 1. The second kappa shape index (κ2) is 7.64. The first-order valence-corrected chi connectivity index (χ1v) is 9.05. The van der Waals surface area contributed by atoms with Crippen LogP contribution in [0.3, 0.4) is 0 Å². The molecule has 144 valence electrons. The third kappa shape index (κ3) is 3.78. The lowest BCUT2D eigenvalue weighted by atomic mass is 10.1. The van der Waals surface area contributed by atoms with Gasteiger partial charge in [-0.15, -0.1) is 0 Å². The van der Waals surface area contributed by atoms with E-state index in [0.717, 1.165) is 5.56 Å². The molecule has 3 rings (SSSR count). The molecule has 0 unspecified atom stereocenters. The summed E-state index contributed by atoms with van der Waals surface area (Å²) >= 11 is 0. The van der Waals surface area contributed by atoms with E-state index in [0.29, 0.717) is 23.2 Å². The molecule has 2 aromatic heterocycles. The lowest BCUT2D eigenvalue weighted by Gasteiger charge is -2.20. The number of hydrogen-bond acceptors (Lipinski definition) is 5. The molecule has 1 amide bonds. The van der Waals surface area contributed by atoms with Gasteiger partial charge in [-0.2, -0.15) is 14.8 Å². The van der Waals surface area contributed by atoms with Gasteiger partial charge in [-0.1, -0.05) is 26.0 Å². The van der Waals surface area contributed by atoms with Gasteiger partial charge in [0.15, 0.2) is 0 Å². The summed E-state index contributed by atoms with van der Waals surface area (Å²) in [5.74, 6) is 0.556. The van der Waals surface area contributed by atoms with Crippen LogP contribution in [0.25, 0.3) is 5.78 Å². The molecule has 8 nitrogen and oxygen atoms in total. The number of nitrogens with zero attached hydrogens (tertiary/aromatic N) is 5. The molecule has 1 aromatic carbocycles. The maximum absolute atomic E-state index is 12.9.